The highest BCUT2D eigenvalue weighted by Crippen LogP contribution is 2.18. The van der Waals surface area contributed by atoms with Gasteiger partial charge < -0.3 is 4.90 Å². The molecule has 0 aliphatic carbocycles. The van der Waals surface area contributed by atoms with Crippen LogP contribution in [0.25, 0.3) is 0 Å². The molecule has 1 saturated heterocycles. The van der Waals surface area contributed by atoms with Crippen LogP contribution in [0.3, 0.4) is 0 Å². The molecule has 0 atom stereocenters. The topological polar surface area (TPSA) is 61.9 Å². The standard InChI is InChI=1S/C12H20N4O/c1-12(2,3)11-13-9(14-15-11)10(17)16-7-5-4-6-8-16/h4-8H2,1-3H3,(H,13,14,15). The highest BCUT2D eigenvalue weighted by Gasteiger charge is 2.25. The van der Waals surface area contributed by atoms with Gasteiger partial charge in [0.05, 0.1) is 0 Å². The van der Waals surface area contributed by atoms with Crippen LogP contribution >= 0.6 is 0 Å². The molecule has 2 heterocycles. The minimum Gasteiger partial charge on any atom is -0.336 e. The number of hydrogen-bond donors (Lipinski definition) is 1. The summed E-state index contributed by atoms with van der Waals surface area (Å²) in [5, 5.41) is 6.89. The molecule has 5 nitrogen and oxygen atoms in total. The fraction of sp³-hybridized carbons (Fsp3) is 0.750. The van der Waals surface area contributed by atoms with Crippen molar-refractivity contribution in [3.8, 4) is 0 Å². The Balaban J connectivity index is 2.11. The van der Waals surface area contributed by atoms with Gasteiger partial charge in [-0.05, 0) is 19.3 Å². The Hall–Kier alpha value is -1.39. The summed E-state index contributed by atoms with van der Waals surface area (Å²) in [6, 6.07) is 0. The number of nitrogens with zero attached hydrogens (tertiary/aromatic N) is 3. The molecule has 1 fully saturated rings. The number of aromatic nitrogens is 3. The third kappa shape index (κ3) is 2.65. The molecule has 0 bridgehead atoms. The second-order valence-corrected chi connectivity index (χ2v) is 5.61. The summed E-state index contributed by atoms with van der Waals surface area (Å²) in [7, 11) is 0. The first kappa shape index (κ1) is 12.1. The lowest BCUT2D eigenvalue weighted by Crippen LogP contribution is -2.36. The Morgan fingerprint density at radius 1 is 1.24 bits per heavy atom. The molecular weight excluding hydrogens is 216 g/mol. The minimum atomic E-state index is -0.104. The number of rotatable bonds is 1. The van der Waals surface area contributed by atoms with Gasteiger partial charge in [-0.3, -0.25) is 9.89 Å². The van der Waals surface area contributed by atoms with Gasteiger partial charge in [0.2, 0.25) is 5.82 Å². The van der Waals surface area contributed by atoms with Crippen molar-refractivity contribution in [1.29, 1.82) is 0 Å². The molecule has 1 N–H and O–H groups in total. The monoisotopic (exact) mass is 236 g/mol. The van der Waals surface area contributed by atoms with Gasteiger partial charge in [-0.15, -0.1) is 5.10 Å². The van der Waals surface area contributed by atoms with E-state index in [0.717, 1.165) is 31.8 Å². The second kappa shape index (κ2) is 4.47. The van der Waals surface area contributed by atoms with E-state index in [-0.39, 0.29) is 11.3 Å². The maximum Gasteiger partial charge on any atom is 0.293 e. The summed E-state index contributed by atoms with van der Waals surface area (Å²) in [5.41, 5.74) is -0.104. The van der Waals surface area contributed by atoms with E-state index in [0.29, 0.717) is 5.82 Å². The predicted molar refractivity (Wildman–Crippen MR) is 64.8 cm³/mol. The van der Waals surface area contributed by atoms with Crippen molar-refractivity contribution in [1.82, 2.24) is 20.1 Å². The van der Waals surface area contributed by atoms with Crippen LogP contribution in [0.2, 0.25) is 0 Å². The van der Waals surface area contributed by atoms with Crippen LogP contribution in [-0.4, -0.2) is 39.1 Å². The molecule has 0 saturated carbocycles. The number of likely N-dealkylation sites (tertiary alicyclic amines) is 1. The van der Waals surface area contributed by atoms with E-state index in [1.807, 2.05) is 25.7 Å². The molecule has 1 aromatic heterocycles. The molecule has 0 radical (unpaired) electrons. The van der Waals surface area contributed by atoms with E-state index in [9.17, 15) is 4.79 Å². The molecule has 0 spiro atoms. The second-order valence-electron chi connectivity index (χ2n) is 5.61. The van der Waals surface area contributed by atoms with Crippen LogP contribution in [-0.2, 0) is 5.41 Å². The first-order valence-corrected chi connectivity index (χ1v) is 6.20. The Morgan fingerprint density at radius 2 is 1.88 bits per heavy atom. The van der Waals surface area contributed by atoms with Crippen LogP contribution in [0.4, 0.5) is 0 Å². The summed E-state index contributed by atoms with van der Waals surface area (Å²) in [6.45, 7) is 7.80. The summed E-state index contributed by atoms with van der Waals surface area (Å²) in [6.07, 6.45) is 3.38. The number of amides is 1. The number of hydrogen-bond acceptors (Lipinski definition) is 3. The molecule has 94 valence electrons. The van der Waals surface area contributed by atoms with Crippen LogP contribution in [0.15, 0.2) is 0 Å². The highest BCUT2D eigenvalue weighted by molar-refractivity contribution is 5.90. The van der Waals surface area contributed by atoms with E-state index in [4.69, 9.17) is 0 Å². The van der Waals surface area contributed by atoms with E-state index >= 15 is 0 Å². The van der Waals surface area contributed by atoms with E-state index < -0.39 is 0 Å². The minimum absolute atomic E-state index is 0.0450. The molecule has 1 aromatic rings. The zero-order valence-electron chi connectivity index (χ0n) is 10.8. The lowest BCUT2D eigenvalue weighted by molar-refractivity contribution is 0.0712. The van der Waals surface area contributed by atoms with Gasteiger partial charge in [-0.25, -0.2) is 4.98 Å². The Labute approximate surface area is 102 Å². The Morgan fingerprint density at radius 3 is 2.41 bits per heavy atom. The van der Waals surface area contributed by atoms with E-state index in [1.54, 1.807) is 0 Å². The number of carbonyl (C=O) groups excluding carboxylic acids is 1. The van der Waals surface area contributed by atoms with Crippen molar-refractivity contribution in [3.63, 3.8) is 0 Å². The van der Waals surface area contributed by atoms with Gasteiger partial charge in [0.15, 0.2) is 0 Å². The molecule has 1 amide bonds. The Bertz CT molecular complexity index is 399. The van der Waals surface area contributed by atoms with Crippen molar-refractivity contribution in [2.24, 2.45) is 0 Å². The molecule has 0 aromatic carbocycles. The van der Waals surface area contributed by atoms with Gasteiger partial charge >= 0.3 is 0 Å². The van der Waals surface area contributed by atoms with Gasteiger partial charge in [0, 0.05) is 18.5 Å². The van der Waals surface area contributed by atoms with Crippen LogP contribution in [0.5, 0.6) is 0 Å². The quantitative estimate of drug-likeness (QED) is 0.807. The average Bonchev–Trinajstić information content (AvgIpc) is 2.78. The number of H-pyrrole nitrogens is 1. The third-order valence-corrected chi connectivity index (χ3v) is 3.03. The maximum atomic E-state index is 12.1. The van der Waals surface area contributed by atoms with Crippen molar-refractivity contribution in [2.45, 2.75) is 45.4 Å². The van der Waals surface area contributed by atoms with Crippen molar-refractivity contribution >= 4 is 5.91 Å². The van der Waals surface area contributed by atoms with Crippen LogP contribution < -0.4 is 0 Å². The number of aromatic amines is 1. The first-order valence-electron chi connectivity index (χ1n) is 6.20. The van der Waals surface area contributed by atoms with Crippen molar-refractivity contribution in [3.05, 3.63) is 11.6 Å². The predicted octanol–water partition coefficient (Wildman–Crippen LogP) is 1.73. The normalized spacial score (nSPS) is 17.2. The van der Waals surface area contributed by atoms with Gasteiger partial charge in [0.25, 0.3) is 5.91 Å². The van der Waals surface area contributed by atoms with Crippen LogP contribution in [0.1, 0.15) is 56.5 Å². The molecule has 1 aliphatic heterocycles. The number of nitrogens with one attached hydrogen (secondary N) is 1. The smallest absolute Gasteiger partial charge is 0.293 e. The maximum absolute atomic E-state index is 12.1. The summed E-state index contributed by atoms with van der Waals surface area (Å²) >= 11 is 0. The molecule has 0 unspecified atom stereocenters. The SMILES string of the molecule is CC(C)(C)c1nc(C(=O)N2CCCCC2)n[nH]1. The number of carbonyl (C=O) groups is 1. The lowest BCUT2D eigenvalue weighted by Gasteiger charge is -2.25. The van der Waals surface area contributed by atoms with Crippen LogP contribution in [0, 0.1) is 0 Å². The van der Waals surface area contributed by atoms with Crippen molar-refractivity contribution < 1.29 is 4.79 Å². The Kier molecular flexibility index (Phi) is 3.17. The molecular formula is C12H20N4O. The summed E-state index contributed by atoms with van der Waals surface area (Å²) in [4.78, 5) is 18.3. The summed E-state index contributed by atoms with van der Waals surface area (Å²) in [5.74, 6) is 1.02. The first-order chi connectivity index (χ1) is 7.98. The molecule has 2 rings (SSSR count). The van der Waals surface area contributed by atoms with Gasteiger partial charge in [-0.1, -0.05) is 20.8 Å². The van der Waals surface area contributed by atoms with Gasteiger partial charge in [-0.2, -0.15) is 0 Å². The molecule has 5 heteroatoms. The fourth-order valence-electron chi connectivity index (χ4n) is 1.93. The largest absolute Gasteiger partial charge is 0.336 e. The third-order valence-electron chi connectivity index (χ3n) is 3.03. The van der Waals surface area contributed by atoms with E-state index in [2.05, 4.69) is 15.2 Å². The van der Waals surface area contributed by atoms with Gasteiger partial charge in [0.1, 0.15) is 5.82 Å². The lowest BCUT2D eigenvalue weighted by atomic mass is 9.96. The fourth-order valence-corrected chi connectivity index (χ4v) is 1.93. The average molecular weight is 236 g/mol. The number of piperidine rings is 1. The zero-order valence-corrected chi connectivity index (χ0v) is 10.8. The highest BCUT2D eigenvalue weighted by atomic mass is 16.2. The van der Waals surface area contributed by atoms with E-state index in [1.165, 1.54) is 6.42 Å². The molecule has 1 aliphatic rings. The van der Waals surface area contributed by atoms with Crippen molar-refractivity contribution in [2.75, 3.05) is 13.1 Å². The molecule has 17 heavy (non-hydrogen) atoms. The zero-order chi connectivity index (χ0) is 12.5. The summed E-state index contributed by atoms with van der Waals surface area (Å²) < 4.78 is 0.